The summed E-state index contributed by atoms with van der Waals surface area (Å²) in [7, 11) is 0. The van der Waals surface area contributed by atoms with Gasteiger partial charge in [-0.2, -0.15) is 0 Å². The molecule has 0 saturated heterocycles. The van der Waals surface area contributed by atoms with Crippen molar-refractivity contribution in [1.29, 1.82) is 0 Å². The number of amidine groups is 1. The summed E-state index contributed by atoms with van der Waals surface area (Å²) in [6.45, 7) is 0. The highest BCUT2D eigenvalue weighted by atomic mass is 32.1. The lowest BCUT2D eigenvalue weighted by molar-refractivity contribution is -0.115. The van der Waals surface area contributed by atoms with Gasteiger partial charge in [-0.05, 0) is 22.9 Å². The van der Waals surface area contributed by atoms with E-state index in [9.17, 15) is 0 Å². The molecule has 1 saturated carbocycles. The average Bonchev–Trinajstić information content (AvgIpc) is 3.07. The first kappa shape index (κ1) is 11.2. The van der Waals surface area contributed by atoms with E-state index in [1.165, 1.54) is 5.56 Å². The van der Waals surface area contributed by atoms with E-state index in [0.29, 0.717) is 5.92 Å². The molecule has 0 bridgehead atoms. The number of hydrogen-bond acceptors (Lipinski definition) is 4. The van der Waals surface area contributed by atoms with Crippen LogP contribution in [-0.2, 0) is 4.84 Å². The van der Waals surface area contributed by atoms with E-state index >= 15 is 0 Å². The molecule has 19 heavy (non-hydrogen) atoms. The summed E-state index contributed by atoms with van der Waals surface area (Å²) in [4.78, 5) is 11.6. The maximum Gasteiger partial charge on any atom is 0.188 e. The van der Waals surface area contributed by atoms with E-state index in [2.05, 4.69) is 47.3 Å². The Morgan fingerprint density at radius 2 is 2.00 bits per heavy atom. The SMILES string of the molecule is c1ccc(C2CC3(C2)N=C(c2cccs2)NO3)cc1. The Bertz CT molecular complexity index is 600. The molecule has 0 atom stereocenters. The largest absolute Gasteiger partial charge is 0.245 e. The summed E-state index contributed by atoms with van der Waals surface area (Å²) < 4.78 is 0. The van der Waals surface area contributed by atoms with Crippen molar-refractivity contribution in [2.45, 2.75) is 24.5 Å². The Morgan fingerprint density at radius 1 is 1.16 bits per heavy atom. The second kappa shape index (κ2) is 4.18. The van der Waals surface area contributed by atoms with Gasteiger partial charge in [0.05, 0.1) is 4.88 Å². The first-order valence-corrected chi connectivity index (χ1v) is 7.35. The van der Waals surface area contributed by atoms with Crippen molar-refractivity contribution < 1.29 is 4.84 Å². The molecule has 2 aromatic rings. The van der Waals surface area contributed by atoms with Gasteiger partial charge < -0.3 is 0 Å². The van der Waals surface area contributed by atoms with Gasteiger partial charge in [0.15, 0.2) is 11.6 Å². The molecule has 1 spiro atoms. The number of hydrogen-bond donors (Lipinski definition) is 1. The molecule has 1 aromatic heterocycles. The lowest BCUT2D eigenvalue weighted by Crippen LogP contribution is -2.42. The number of benzene rings is 1. The molecule has 1 aromatic carbocycles. The van der Waals surface area contributed by atoms with Crippen molar-refractivity contribution in [3.8, 4) is 0 Å². The standard InChI is InChI=1S/C15H14N2OS/c1-2-5-11(6-3-1)12-9-15(10-12)16-14(17-18-15)13-7-4-8-19-13/h1-8,12H,9-10H2,(H,16,17). The number of hydroxylamine groups is 1. The summed E-state index contributed by atoms with van der Waals surface area (Å²) in [5.41, 5.74) is 4.04. The van der Waals surface area contributed by atoms with Crippen LogP contribution in [0.15, 0.2) is 52.8 Å². The molecular formula is C15H14N2OS. The van der Waals surface area contributed by atoms with Crippen molar-refractivity contribution in [2.24, 2.45) is 4.99 Å². The molecule has 1 aliphatic heterocycles. The molecule has 4 rings (SSSR count). The molecular weight excluding hydrogens is 256 g/mol. The van der Waals surface area contributed by atoms with Gasteiger partial charge in [0.25, 0.3) is 0 Å². The van der Waals surface area contributed by atoms with Crippen molar-refractivity contribution in [1.82, 2.24) is 5.48 Å². The monoisotopic (exact) mass is 270 g/mol. The highest BCUT2D eigenvalue weighted by Crippen LogP contribution is 2.49. The van der Waals surface area contributed by atoms with Crippen LogP contribution in [0.4, 0.5) is 0 Å². The van der Waals surface area contributed by atoms with Crippen LogP contribution in [0.5, 0.6) is 0 Å². The van der Waals surface area contributed by atoms with E-state index in [4.69, 9.17) is 9.83 Å². The van der Waals surface area contributed by atoms with Crippen molar-refractivity contribution in [3.05, 3.63) is 58.3 Å². The number of thiophene rings is 1. The minimum atomic E-state index is -0.334. The van der Waals surface area contributed by atoms with E-state index in [0.717, 1.165) is 23.6 Å². The molecule has 3 nitrogen and oxygen atoms in total. The molecule has 0 amide bonds. The number of rotatable bonds is 2. The van der Waals surface area contributed by atoms with Gasteiger partial charge in [-0.15, -0.1) is 11.3 Å². The van der Waals surface area contributed by atoms with Crippen LogP contribution < -0.4 is 5.48 Å². The fourth-order valence-corrected chi connectivity index (χ4v) is 3.42. The van der Waals surface area contributed by atoms with Crippen LogP contribution in [0, 0.1) is 0 Å². The zero-order valence-corrected chi connectivity index (χ0v) is 11.2. The maximum atomic E-state index is 5.72. The van der Waals surface area contributed by atoms with E-state index < -0.39 is 0 Å². The minimum Gasteiger partial charge on any atom is -0.245 e. The van der Waals surface area contributed by atoms with Gasteiger partial charge in [-0.1, -0.05) is 36.4 Å². The molecule has 1 N–H and O–H groups in total. The lowest BCUT2D eigenvalue weighted by Gasteiger charge is -2.40. The van der Waals surface area contributed by atoms with E-state index in [-0.39, 0.29) is 5.72 Å². The van der Waals surface area contributed by atoms with Gasteiger partial charge in [0.1, 0.15) is 0 Å². The Hall–Kier alpha value is -1.65. The second-order valence-corrected chi connectivity index (χ2v) is 6.05. The average molecular weight is 270 g/mol. The zero-order valence-electron chi connectivity index (χ0n) is 10.4. The number of nitrogens with one attached hydrogen (secondary N) is 1. The van der Waals surface area contributed by atoms with Crippen LogP contribution in [-0.4, -0.2) is 11.6 Å². The Balaban J connectivity index is 1.51. The third-order valence-electron chi connectivity index (χ3n) is 3.81. The van der Waals surface area contributed by atoms with Gasteiger partial charge >= 0.3 is 0 Å². The summed E-state index contributed by atoms with van der Waals surface area (Å²) in [6.07, 6.45) is 1.91. The second-order valence-electron chi connectivity index (χ2n) is 5.10. The Morgan fingerprint density at radius 3 is 2.74 bits per heavy atom. The van der Waals surface area contributed by atoms with Gasteiger partial charge in [0.2, 0.25) is 0 Å². The highest BCUT2D eigenvalue weighted by molar-refractivity contribution is 7.12. The smallest absolute Gasteiger partial charge is 0.188 e. The quantitative estimate of drug-likeness (QED) is 0.908. The predicted octanol–water partition coefficient (Wildman–Crippen LogP) is 3.30. The Kier molecular flexibility index (Phi) is 2.47. The van der Waals surface area contributed by atoms with Crippen LogP contribution in [0.3, 0.4) is 0 Å². The van der Waals surface area contributed by atoms with Gasteiger partial charge in [-0.3, -0.25) is 0 Å². The molecule has 2 heterocycles. The minimum absolute atomic E-state index is 0.334. The molecule has 1 fully saturated rings. The summed E-state index contributed by atoms with van der Waals surface area (Å²) >= 11 is 1.68. The predicted molar refractivity (Wildman–Crippen MR) is 76.2 cm³/mol. The molecule has 0 unspecified atom stereocenters. The third-order valence-corrected chi connectivity index (χ3v) is 4.69. The van der Waals surface area contributed by atoms with Crippen molar-refractivity contribution in [2.75, 3.05) is 0 Å². The fourth-order valence-electron chi connectivity index (χ4n) is 2.76. The third kappa shape index (κ3) is 1.88. The van der Waals surface area contributed by atoms with E-state index in [1.54, 1.807) is 11.3 Å². The number of nitrogens with zero attached hydrogens (tertiary/aromatic N) is 1. The van der Waals surface area contributed by atoms with Crippen molar-refractivity contribution >= 4 is 17.2 Å². The van der Waals surface area contributed by atoms with Crippen LogP contribution in [0.2, 0.25) is 0 Å². The summed E-state index contributed by atoms with van der Waals surface area (Å²) in [6, 6.07) is 14.7. The van der Waals surface area contributed by atoms with Gasteiger partial charge in [0, 0.05) is 12.8 Å². The highest BCUT2D eigenvalue weighted by Gasteiger charge is 2.49. The Labute approximate surface area is 115 Å². The molecule has 4 heteroatoms. The maximum absolute atomic E-state index is 5.72. The molecule has 2 aliphatic rings. The first-order valence-electron chi connectivity index (χ1n) is 6.47. The first-order chi connectivity index (χ1) is 9.35. The number of aliphatic imine (C=N–C) groups is 1. The van der Waals surface area contributed by atoms with Crippen LogP contribution in [0.25, 0.3) is 0 Å². The zero-order chi connectivity index (χ0) is 12.7. The van der Waals surface area contributed by atoms with Crippen LogP contribution in [0.1, 0.15) is 29.2 Å². The normalized spacial score (nSPS) is 28.8. The molecule has 0 radical (unpaired) electrons. The fraction of sp³-hybridized carbons (Fsp3) is 0.267. The lowest BCUT2D eigenvalue weighted by atomic mass is 9.73. The summed E-state index contributed by atoms with van der Waals surface area (Å²) in [5.74, 6) is 1.44. The van der Waals surface area contributed by atoms with Gasteiger partial charge in [-0.25, -0.2) is 15.3 Å². The van der Waals surface area contributed by atoms with Crippen molar-refractivity contribution in [3.63, 3.8) is 0 Å². The molecule has 96 valence electrons. The van der Waals surface area contributed by atoms with Crippen LogP contribution >= 0.6 is 11.3 Å². The van der Waals surface area contributed by atoms with E-state index in [1.807, 2.05) is 6.07 Å². The molecule has 1 aliphatic carbocycles. The summed E-state index contributed by atoms with van der Waals surface area (Å²) in [5, 5.41) is 2.05. The topological polar surface area (TPSA) is 33.6 Å².